The maximum Gasteiger partial charge on any atom is 0.359 e. The van der Waals surface area contributed by atoms with E-state index in [2.05, 4.69) is 10.3 Å². The van der Waals surface area contributed by atoms with Crippen molar-refractivity contribution >= 4 is 34.8 Å². The van der Waals surface area contributed by atoms with Crippen molar-refractivity contribution in [2.24, 2.45) is 0 Å². The van der Waals surface area contributed by atoms with Crippen LogP contribution in [0.15, 0.2) is 48.8 Å². The number of carbonyl (C=O) groups excluding carboxylic acids is 2. The van der Waals surface area contributed by atoms with Gasteiger partial charge in [-0.3, -0.25) is 4.79 Å². The zero-order chi connectivity index (χ0) is 17.8. The summed E-state index contributed by atoms with van der Waals surface area (Å²) in [6.07, 6.45) is 3.26. The Morgan fingerprint density at radius 2 is 2.16 bits per heavy atom. The standard InChI is InChI=1S/C17H11ClN4O3/c18-12-5-4-11(8-19)13(7-12)21-16(23)10-25-17(24)14-9-22-6-2-1-3-15(22)20-14/h1-7,9H,10H2,(H,21,23). The summed E-state index contributed by atoms with van der Waals surface area (Å²) in [5, 5.41) is 11.9. The van der Waals surface area contributed by atoms with Crippen LogP contribution in [0.25, 0.3) is 5.65 Å². The number of nitrogens with zero attached hydrogens (tertiary/aromatic N) is 3. The molecule has 3 aromatic rings. The lowest BCUT2D eigenvalue weighted by atomic mass is 10.2. The summed E-state index contributed by atoms with van der Waals surface area (Å²) in [4.78, 5) is 28.0. The van der Waals surface area contributed by atoms with Crippen molar-refractivity contribution in [2.75, 3.05) is 11.9 Å². The third-order valence-corrected chi connectivity index (χ3v) is 3.52. The lowest BCUT2D eigenvalue weighted by molar-refractivity contribution is -0.119. The fourth-order valence-electron chi connectivity index (χ4n) is 2.14. The first-order valence-electron chi connectivity index (χ1n) is 7.17. The second kappa shape index (κ2) is 7.03. The third kappa shape index (κ3) is 3.76. The normalized spacial score (nSPS) is 10.2. The van der Waals surface area contributed by atoms with E-state index in [-0.39, 0.29) is 16.9 Å². The molecule has 0 aliphatic carbocycles. The van der Waals surface area contributed by atoms with Gasteiger partial charge < -0.3 is 14.5 Å². The smallest absolute Gasteiger partial charge is 0.359 e. The van der Waals surface area contributed by atoms with E-state index in [1.807, 2.05) is 6.07 Å². The number of hydrogen-bond donors (Lipinski definition) is 1. The number of ether oxygens (including phenoxy) is 1. The van der Waals surface area contributed by atoms with Crippen molar-refractivity contribution in [1.29, 1.82) is 5.26 Å². The molecule has 0 aliphatic rings. The van der Waals surface area contributed by atoms with Gasteiger partial charge in [-0.25, -0.2) is 9.78 Å². The Morgan fingerprint density at radius 3 is 2.92 bits per heavy atom. The SMILES string of the molecule is N#Cc1ccc(Cl)cc1NC(=O)COC(=O)c1cn2ccccc2n1. The number of rotatable bonds is 4. The van der Waals surface area contributed by atoms with Crippen LogP contribution >= 0.6 is 11.6 Å². The molecule has 0 unspecified atom stereocenters. The second-order valence-electron chi connectivity index (χ2n) is 5.02. The van der Waals surface area contributed by atoms with E-state index in [0.29, 0.717) is 10.7 Å². The molecule has 0 fully saturated rings. The van der Waals surface area contributed by atoms with Gasteiger partial charge in [-0.2, -0.15) is 5.26 Å². The predicted molar refractivity (Wildman–Crippen MR) is 90.3 cm³/mol. The third-order valence-electron chi connectivity index (χ3n) is 3.28. The van der Waals surface area contributed by atoms with Gasteiger partial charge >= 0.3 is 5.97 Å². The quantitative estimate of drug-likeness (QED) is 0.726. The second-order valence-corrected chi connectivity index (χ2v) is 5.45. The molecule has 7 nitrogen and oxygen atoms in total. The van der Waals surface area contributed by atoms with Gasteiger partial charge in [0.15, 0.2) is 12.3 Å². The number of esters is 1. The number of amides is 1. The number of pyridine rings is 1. The van der Waals surface area contributed by atoms with Crippen molar-refractivity contribution in [3.05, 3.63) is 65.1 Å². The Bertz CT molecular complexity index is 974. The van der Waals surface area contributed by atoms with Gasteiger partial charge in [0.2, 0.25) is 0 Å². The highest BCUT2D eigenvalue weighted by atomic mass is 35.5. The van der Waals surface area contributed by atoms with Crippen LogP contribution in [0.3, 0.4) is 0 Å². The number of nitriles is 1. The highest BCUT2D eigenvalue weighted by Gasteiger charge is 2.15. The minimum atomic E-state index is -0.717. The van der Waals surface area contributed by atoms with Gasteiger partial charge in [-0.15, -0.1) is 0 Å². The Morgan fingerprint density at radius 1 is 1.32 bits per heavy atom. The van der Waals surface area contributed by atoms with E-state index in [0.717, 1.165) is 0 Å². The Balaban J connectivity index is 1.63. The number of aromatic nitrogens is 2. The van der Waals surface area contributed by atoms with E-state index in [9.17, 15) is 9.59 Å². The molecule has 3 rings (SSSR count). The summed E-state index contributed by atoms with van der Waals surface area (Å²) >= 11 is 5.85. The fourth-order valence-corrected chi connectivity index (χ4v) is 2.31. The van der Waals surface area contributed by atoms with Crippen molar-refractivity contribution < 1.29 is 14.3 Å². The minimum Gasteiger partial charge on any atom is -0.451 e. The molecular formula is C17H11ClN4O3. The van der Waals surface area contributed by atoms with Crippen LogP contribution in [0.1, 0.15) is 16.1 Å². The first-order chi connectivity index (χ1) is 12.1. The molecule has 124 valence electrons. The van der Waals surface area contributed by atoms with Gasteiger partial charge in [0, 0.05) is 17.4 Å². The van der Waals surface area contributed by atoms with Gasteiger partial charge in [0.1, 0.15) is 11.7 Å². The summed E-state index contributed by atoms with van der Waals surface area (Å²) in [7, 11) is 0. The summed E-state index contributed by atoms with van der Waals surface area (Å²) < 4.78 is 6.62. The minimum absolute atomic E-state index is 0.0967. The lowest BCUT2D eigenvalue weighted by Crippen LogP contribution is -2.21. The Kier molecular flexibility index (Phi) is 4.64. The van der Waals surface area contributed by atoms with E-state index < -0.39 is 18.5 Å². The van der Waals surface area contributed by atoms with E-state index in [1.54, 1.807) is 34.9 Å². The van der Waals surface area contributed by atoms with Crippen LogP contribution in [-0.2, 0) is 9.53 Å². The number of hydrogen-bond acceptors (Lipinski definition) is 5. The summed E-state index contributed by atoms with van der Waals surface area (Å²) in [6.45, 7) is -0.510. The molecule has 0 bridgehead atoms. The number of imidazole rings is 1. The molecule has 2 heterocycles. The largest absolute Gasteiger partial charge is 0.451 e. The monoisotopic (exact) mass is 354 g/mol. The number of fused-ring (bicyclic) bond motifs is 1. The highest BCUT2D eigenvalue weighted by Crippen LogP contribution is 2.20. The van der Waals surface area contributed by atoms with Crippen molar-refractivity contribution in [2.45, 2.75) is 0 Å². The molecule has 1 aromatic carbocycles. The first-order valence-corrected chi connectivity index (χ1v) is 7.55. The molecule has 0 atom stereocenters. The first kappa shape index (κ1) is 16.5. The molecule has 0 radical (unpaired) electrons. The van der Waals surface area contributed by atoms with Crippen molar-refractivity contribution in [3.63, 3.8) is 0 Å². The van der Waals surface area contributed by atoms with Crippen LogP contribution in [0.5, 0.6) is 0 Å². The Hall–Kier alpha value is -3.37. The van der Waals surface area contributed by atoms with E-state index >= 15 is 0 Å². The molecule has 0 saturated carbocycles. The van der Waals surface area contributed by atoms with Gasteiger partial charge in [-0.1, -0.05) is 17.7 Å². The topological polar surface area (TPSA) is 96.5 Å². The van der Waals surface area contributed by atoms with Gasteiger partial charge in [0.25, 0.3) is 5.91 Å². The lowest BCUT2D eigenvalue weighted by Gasteiger charge is -2.07. The molecule has 8 heteroatoms. The molecule has 0 saturated heterocycles. The molecular weight excluding hydrogens is 344 g/mol. The predicted octanol–water partition coefficient (Wildman–Crippen LogP) is 2.65. The summed E-state index contributed by atoms with van der Waals surface area (Å²) in [6, 6.07) is 11.8. The van der Waals surface area contributed by atoms with E-state index in [4.69, 9.17) is 21.6 Å². The van der Waals surface area contributed by atoms with Crippen LogP contribution in [-0.4, -0.2) is 27.9 Å². The fraction of sp³-hybridized carbons (Fsp3) is 0.0588. The number of benzene rings is 1. The molecule has 1 N–H and O–H groups in total. The molecule has 0 aliphatic heterocycles. The van der Waals surface area contributed by atoms with Gasteiger partial charge in [0.05, 0.1) is 11.3 Å². The van der Waals surface area contributed by atoms with Crippen molar-refractivity contribution in [1.82, 2.24) is 9.38 Å². The molecule has 2 aromatic heterocycles. The summed E-state index contributed by atoms with van der Waals surface area (Å²) in [5.74, 6) is -1.30. The number of anilines is 1. The molecule has 0 spiro atoms. The van der Waals surface area contributed by atoms with Crippen LogP contribution in [0, 0.1) is 11.3 Å². The van der Waals surface area contributed by atoms with Crippen LogP contribution < -0.4 is 5.32 Å². The average Bonchev–Trinajstić information content (AvgIpc) is 3.04. The number of carbonyl (C=O) groups is 2. The zero-order valence-corrected chi connectivity index (χ0v) is 13.5. The van der Waals surface area contributed by atoms with E-state index in [1.165, 1.54) is 18.3 Å². The summed E-state index contributed by atoms with van der Waals surface area (Å²) in [5.41, 5.74) is 1.20. The van der Waals surface area contributed by atoms with Gasteiger partial charge in [-0.05, 0) is 30.3 Å². The van der Waals surface area contributed by atoms with Crippen LogP contribution in [0.4, 0.5) is 5.69 Å². The maximum atomic E-state index is 12.0. The van der Waals surface area contributed by atoms with Crippen molar-refractivity contribution in [3.8, 4) is 6.07 Å². The maximum absolute atomic E-state index is 12.0. The Labute approximate surface area is 147 Å². The molecule has 1 amide bonds. The number of nitrogens with one attached hydrogen (secondary N) is 1. The highest BCUT2D eigenvalue weighted by molar-refractivity contribution is 6.31. The average molecular weight is 355 g/mol. The molecule has 25 heavy (non-hydrogen) atoms. The zero-order valence-electron chi connectivity index (χ0n) is 12.8. The van der Waals surface area contributed by atoms with Crippen LogP contribution in [0.2, 0.25) is 5.02 Å². The number of halogens is 1.